The molecular weight excluding hydrogens is 316 g/mol. The van der Waals surface area contributed by atoms with Gasteiger partial charge in [0.15, 0.2) is 0 Å². The Balaban J connectivity index is 1.87. The Bertz CT molecular complexity index is 950. The van der Waals surface area contributed by atoms with E-state index in [9.17, 15) is 14.3 Å². The summed E-state index contributed by atoms with van der Waals surface area (Å²) in [5.74, 6) is 0.627. The first-order valence-corrected chi connectivity index (χ1v) is 8.78. The predicted molar refractivity (Wildman–Crippen MR) is 87.8 cm³/mol. The van der Waals surface area contributed by atoms with Crippen molar-refractivity contribution in [3.8, 4) is 0 Å². The fourth-order valence-electron chi connectivity index (χ4n) is 2.20. The number of rotatable bonds is 4. The molecule has 1 aromatic heterocycles. The van der Waals surface area contributed by atoms with Crippen LogP contribution < -0.4 is 0 Å². The van der Waals surface area contributed by atoms with Crippen LogP contribution in [0.2, 0.25) is 0 Å². The van der Waals surface area contributed by atoms with Crippen LogP contribution in [-0.4, -0.2) is 15.4 Å². The summed E-state index contributed by atoms with van der Waals surface area (Å²) in [7, 11) is -2.65. The molecular formula is C16H14N2O4S. The molecule has 0 bridgehead atoms. The minimum atomic E-state index is -2.65. The van der Waals surface area contributed by atoms with E-state index in [4.69, 9.17) is 4.42 Å². The van der Waals surface area contributed by atoms with Gasteiger partial charge in [-0.15, -0.1) is 0 Å². The van der Waals surface area contributed by atoms with Gasteiger partial charge < -0.3 is 4.42 Å². The van der Waals surface area contributed by atoms with Crippen molar-refractivity contribution < 1.29 is 13.5 Å². The van der Waals surface area contributed by atoms with Crippen LogP contribution >= 0.6 is 0 Å². The van der Waals surface area contributed by atoms with Gasteiger partial charge in [-0.2, -0.15) is 0 Å². The number of nitro groups is 1. The summed E-state index contributed by atoms with van der Waals surface area (Å²) in [5, 5.41) is 11.6. The van der Waals surface area contributed by atoms with Crippen LogP contribution in [0, 0.1) is 10.1 Å². The molecule has 118 valence electrons. The van der Waals surface area contributed by atoms with Crippen molar-refractivity contribution in [3.63, 3.8) is 0 Å². The maximum atomic E-state index is 12.7. The number of nitrogens with zero attached hydrogens (tertiary/aromatic N) is 2. The first kappa shape index (κ1) is 15.2. The van der Waals surface area contributed by atoms with E-state index in [1.807, 2.05) is 30.3 Å². The fraction of sp³-hybridized carbons (Fsp3) is 0.125. The molecule has 0 aliphatic rings. The van der Waals surface area contributed by atoms with Crippen molar-refractivity contribution in [1.82, 2.24) is 0 Å². The summed E-state index contributed by atoms with van der Waals surface area (Å²) in [4.78, 5) is 10.6. The molecule has 2 aromatic carbocycles. The van der Waals surface area contributed by atoms with Crippen LogP contribution in [0.3, 0.4) is 0 Å². The molecule has 7 heteroatoms. The Labute approximate surface area is 133 Å². The van der Waals surface area contributed by atoms with Crippen LogP contribution in [-0.2, 0) is 16.3 Å². The Hall–Kier alpha value is -2.67. The number of furan rings is 1. The summed E-state index contributed by atoms with van der Waals surface area (Å²) in [6, 6.07) is 15.1. The summed E-state index contributed by atoms with van der Waals surface area (Å²) in [6.07, 6.45) is 1.51. The van der Waals surface area contributed by atoms with Crippen LogP contribution in [0.25, 0.3) is 11.0 Å². The average molecular weight is 330 g/mol. The van der Waals surface area contributed by atoms with E-state index in [2.05, 4.69) is 4.36 Å². The van der Waals surface area contributed by atoms with Crippen LogP contribution in [0.1, 0.15) is 5.76 Å². The molecule has 1 unspecified atom stereocenters. The molecule has 0 aliphatic heterocycles. The van der Waals surface area contributed by atoms with E-state index in [0.717, 1.165) is 11.0 Å². The smallest absolute Gasteiger partial charge is 0.269 e. The highest BCUT2D eigenvalue weighted by Crippen LogP contribution is 2.21. The van der Waals surface area contributed by atoms with E-state index in [1.54, 1.807) is 0 Å². The van der Waals surface area contributed by atoms with Crippen LogP contribution in [0.15, 0.2) is 68.3 Å². The third-order valence-electron chi connectivity index (χ3n) is 3.43. The third-order valence-corrected chi connectivity index (χ3v) is 5.20. The molecule has 0 spiro atoms. The molecule has 0 fully saturated rings. The van der Waals surface area contributed by atoms with Gasteiger partial charge in [-0.25, -0.2) is 8.57 Å². The van der Waals surface area contributed by atoms with Gasteiger partial charge in [-0.05, 0) is 24.3 Å². The van der Waals surface area contributed by atoms with Crippen molar-refractivity contribution in [3.05, 3.63) is 70.5 Å². The van der Waals surface area contributed by atoms with Gasteiger partial charge in [-0.3, -0.25) is 10.1 Å². The Morgan fingerprint density at radius 2 is 1.87 bits per heavy atom. The summed E-state index contributed by atoms with van der Waals surface area (Å²) in [5.41, 5.74) is 0.719. The van der Waals surface area contributed by atoms with E-state index in [0.29, 0.717) is 10.7 Å². The van der Waals surface area contributed by atoms with Gasteiger partial charge >= 0.3 is 0 Å². The predicted octanol–water partition coefficient (Wildman–Crippen LogP) is 4.00. The number of fused-ring (bicyclic) bond motifs is 1. The highest BCUT2D eigenvalue weighted by Gasteiger charge is 2.10. The lowest BCUT2D eigenvalue weighted by atomic mass is 10.2. The minimum absolute atomic E-state index is 0.0405. The SMILES string of the molecule is CS(=O)(=NCc1cc2ccccc2o1)c1ccc([N+](=O)[O-])cc1. The Morgan fingerprint density at radius 3 is 2.52 bits per heavy atom. The van der Waals surface area contributed by atoms with E-state index >= 15 is 0 Å². The van der Waals surface area contributed by atoms with Gasteiger partial charge in [0.1, 0.15) is 17.9 Å². The average Bonchev–Trinajstić information content (AvgIpc) is 2.96. The molecule has 0 aliphatic carbocycles. The van der Waals surface area contributed by atoms with Crippen molar-refractivity contribution >= 4 is 26.4 Å². The van der Waals surface area contributed by atoms with Crippen molar-refractivity contribution in [2.24, 2.45) is 4.36 Å². The van der Waals surface area contributed by atoms with Gasteiger partial charge in [0.2, 0.25) is 0 Å². The van der Waals surface area contributed by atoms with Crippen LogP contribution in [0.5, 0.6) is 0 Å². The van der Waals surface area contributed by atoms with Crippen molar-refractivity contribution in [2.75, 3.05) is 6.26 Å². The maximum absolute atomic E-state index is 12.7. The highest BCUT2D eigenvalue weighted by atomic mass is 32.2. The largest absolute Gasteiger partial charge is 0.459 e. The molecule has 3 rings (SSSR count). The molecule has 0 saturated carbocycles. The first-order valence-electron chi connectivity index (χ1n) is 6.85. The second-order valence-electron chi connectivity index (χ2n) is 5.09. The van der Waals surface area contributed by atoms with E-state index < -0.39 is 14.7 Å². The molecule has 0 N–H and O–H groups in total. The van der Waals surface area contributed by atoms with Crippen molar-refractivity contribution in [2.45, 2.75) is 11.4 Å². The zero-order valence-corrected chi connectivity index (χ0v) is 13.2. The monoisotopic (exact) mass is 330 g/mol. The highest BCUT2D eigenvalue weighted by molar-refractivity contribution is 7.93. The first-order chi connectivity index (χ1) is 11.0. The standard InChI is InChI=1S/C16H14N2O4S/c1-23(21,15-8-6-13(7-9-15)18(19)20)17-11-14-10-12-4-2-3-5-16(12)22-14/h2-10H,11H2,1H3. The van der Waals surface area contributed by atoms with Crippen molar-refractivity contribution in [1.29, 1.82) is 0 Å². The number of hydrogen-bond acceptors (Lipinski definition) is 5. The maximum Gasteiger partial charge on any atom is 0.269 e. The lowest BCUT2D eigenvalue weighted by Gasteiger charge is -2.03. The molecule has 0 amide bonds. The third kappa shape index (κ3) is 3.24. The topological polar surface area (TPSA) is 85.7 Å². The number of para-hydroxylation sites is 1. The Morgan fingerprint density at radius 1 is 1.17 bits per heavy atom. The zero-order valence-electron chi connectivity index (χ0n) is 12.3. The van der Waals surface area contributed by atoms with Crippen LogP contribution in [0.4, 0.5) is 5.69 Å². The number of non-ortho nitro benzene ring substituents is 1. The second kappa shape index (κ2) is 5.85. The van der Waals surface area contributed by atoms with Gasteiger partial charge in [0.25, 0.3) is 5.69 Å². The number of benzene rings is 2. The molecule has 0 saturated heterocycles. The molecule has 1 heterocycles. The number of nitro benzene ring substituents is 1. The zero-order chi connectivity index (χ0) is 16.4. The molecule has 23 heavy (non-hydrogen) atoms. The fourth-order valence-corrected chi connectivity index (χ4v) is 3.36. The molecule has 6 nitrogen and oxygen atoms in total. The second-order valence-corrected chi connectivity index (χ2v) is 7.43. The summed E-state index contributed by atoms with van der Waals surface area (Å²) >= 11 is 0. The van der Waals surface area contributed by atoms with Gasteiger partial charge in [-0.1, -0.05) is 18.2 Å². The lowest BCUT2D eigenvalue weighted by molar-refractivity contribution is -0.384. The van der Waals surface area contributed by atoms with E-state index in [1.165, 1.54) is 30.5 Å². The lowest BCUT2D eigenvalue weighted by Crippen LogP contribution is -1.99. The molecule has 0 radical (unpaired) electrons. The Kier molecular flexibility index (Phi) is 3.87. The van der Waals surface area contributed by atoms with E-state index in [-0.39, 0.29) is 12.2 Å². The number of hydrogen-bond donors (Lipinski definition) is 0. The molecule has 3 aromatic rings. The quantitative estimate of drug-likeness (QED) is 0.534. The summed E-state index contributed by atoms with van der Waals surface area (Å²) in [6.45, 7) is 0.182. The minimum Gasteiger partial charge on any atom is -0.459 e. The van der Waals surface area contributed by atoms with Gasteiger partial charge in [0.05, 0.1) is 14.7 Å². The molecule has 1 atom stereocenters. The van der Waals surface area contributed by atoms with Gasteiger partial charge in [0, 0.05) is 28.7 Å². The normalized spacial score (nSPS) is 13.6. The summed E-state index contributed by atoms with van der Waals surface area (Å²) < 4.78 is 22.6.